The van der Waals surface area contributed by atoms with Gasteiger partial charge in [-0.3, -0.25) is 4.79 Å². The Morgan fingerprint density at radius 2 is 1.77 bits per heavy atom. The highest BCUT2D eigenvalue weighted by atomic mass is 16.7. The minimum Gasteiger partial charge on any atom is -0.496 e. The summed E-state index contributed by atoms with van der Waals surface area (Å²) in [5.41, 5.74) is 3.15. The molecule has 0 radical (unpaired) electrons. The predicted molar refractivity (Wildman–Crippen MR) is 110 cm³/mol. The average molecular weight is 402 g/mol. The number of fused-ring (bicyclic) bond motifs is 1. The average Bonchev–Trinajstić information content (AvgIpc) is 3.46. The second-order valence-electron chi connectivity index (χ2n) is 7.75. The van der Waals surface area contributed by atoms with Crippen LogP contribution < -0.4 is 14.2 Å². The van der Waals surface area contributed by atoms with Gasteiger partial charge in [0.05, 0.1) is 30.3 Å². The summed E-state index contributed by atoms with van der Waals surface area (Å²) in [6.45, 7) is 0.233. The number of nitrogens with zero attached hydrogens (tertiary/aromatic N) is 2. The molecule has 0 amide bonds. The van der Waals surface area contributed by atoms with Crippen LogP contribution in [0.5, 0.6) is 17.2 Å². The number of hydrogen-bond acceptors (Lipinski definition) is 6. The molecule has 2 aromatic carbocycles. The molecule has 0 unspecified atom stereocenters. The molecule has 1 fully saturated rings. The smallest absolute Gasteiger partial charge is 0.231 e. The maximum absolute atomic E-state index is 13.1. The Labute approximate surface area is 174 Å². The van der Waals surface area contributed by atoms with E-state index in [0.29, 0.717) is 17.9 Å². The third-order valence-electron chi connectivity index (χ3n) is 5.89. The summed E-state index contributed by atoms with van der Waals surface area (Å²) >= 11 is 0. The van der Waals surface area contributed by atoms with Crippen molar-refractivity contribution < 1.29 is 19.0 Å². The fourth-order valence-corrected chi connectivity index (χ4v) is 4.00. The number of para-hydroxylation sites is 1. The zero-order valence-corrected chi connectivity index (χ0v) is 16.8. The van der Waals surface area contributed by atoms with Crippen LogP contribution in [0.1, 0.15) is 35.4 Å². The fourth-order valence-electron chi connectivity index (χ4n) is 4.00. The van der Waals surface area contributed by atoms with Gasteiger partial charge in [-0.25, -0.2) is 0 Å². The summed E-state index contributed by atoms with van der Waals surface area (Å²) in [4.78, 5) is 13.1. The molecule has 2 aliphatic rings. The lowest BCUT2D eigenvalue weighted by molar-refractivity contribution is -0.120. The summed E-state index contributed by atoms with van der Waals surface area (Å²) in [5.74, 6) is 2.46. The zero-order chi connectivity index (χ0) is 20.6. The summed E-state index contributed by atoms with van der Waals surface area (Å²) in [6, 6.07) is 17.5. The van der Waals surface area contributed by atoms with E-state index in [4.69, 9.17) is 14.2 Å². The largest absolute Gasteiger partial charge is 0.496 e. The fraction of sp³-hybridized carbons (Fsp3) is 0.292. The Kier molecular flexibility index (Phi) is 4.62. The normalized spacial score (nSPS) is 15.6. The van der Waals surface area contributed by atoms with E-state index in [1.54, 1.807) is 7.11 Å². The highest BCUT2D eigenvalue weighted by Crippen LogP contribution is 2.51. The first-order valence-electron chi connectivity index (χ1n) is 10.0. The van der Waals surface area contributed by atoms with E-state index in [1.165, 1.54) is 0 Å². The van der Waals surface area contributed by atoms with Crippen molar-refractivity contribution in [2.45, 2.75) is 31.1 Å². The lowest BCUT2D eigenvalue weighted by Crippen LogP contribution is -2.23. The van der Waals surface area contributed by atoms with Crippen LogP contribution in [-0.2, 0) is 23.1 Å². The molecule has 0 saturated heterocycles. The molecule has 6 nitrogen and oxygen atoms in total. The van der Waals surface area contributed by atoms with Gasteiger partial charge >= 0.3 is 0 Å². The quantitative estimate of drug-likeness (QED) is 0.601. The first-order chi connectivity index (χ1) is 14.7. The molecular formula is C24H22N2O4. The number of carbonyl (C=O) groups is 1. The van der Waals surface area contributed by atoms with E-state index in [2.05, 4.69) is 10.2 Å². The molecule has 0 N–H and O–H groups in total. The van der Waals surface area contributed by atoms with Crippen LogP contribution in [0, 0.1) is 0 Å². The second-order valence-corrected chi connectivity index (χ2v) is 7.75. The van der Waals surface area contributed by atoms with Gasteiger partial charge < -0.3 is 14.2 Å². The van der Waals surface area contributed by atoms with Crippen LogP contribution in [-0.4, -0.2) is 29.9 Å². The molecule has 1 saturated carbocycles. The standard InChI is InChI=1S/C24H22N2O4/c1-28-20-5-3-2-4-16(20)12-18-7-8-19(26-25-18)14-23(27)24(10-11-24)17-6-9-21-22(13-17)30-15-29-21/h2-9,13H,10-12,14-15H2,1H3. The Morgan fingerprint density at radius 3 is 2.53 bits per heavy atom. The van der Waals surface area contributed by atoms with Crippen molar-refractivity contribution in [1.29, 1.82) is 0 Å². The molecule has 0 atom stereocenters. The molecule has 6 heteroatoms. The van der Waals surface area contributed by atoms with E-state index >= 15 is 0 Å². The number of benzene rings is 2. The van der Waals surface area contributed by atoms with Crippen LogP contribution in [0.4, 0.5) is 0 Å². The predicted octanol–water partition coefficient (Wildman–Crippen LogP) is 3.65. The molecule has 1 aliphatic carbocycles. The van der Waals surface area contributed by atoms with Crippen molar-refractivity contribution in [3.05, 3.63) is 77.1 Å². The maximum Gasteiger partial charge on any atom is 0.231 e. The SMILES string of the molecule is COc1ccccc1Cc1ccc(CC(=O)C2(c3ccc4c(c3)OCO4)CC2)nn1. The Morgan fingerprint density at radius 1 is 1.00 bits per heavy atom. The lowest BCUT2D eigenvalue weighted by Gasteiger charge is -2.15. The van der Waals surface area contributed by atoms with Gasteiger partial charge in [0.2, 0.25) is 6.79 Å². The molecule has 0 spiro atoms. The van der Waals surface area contributed by atoms with Gasteiger partial charge in [0.1, 0.15) is 11.5 Å². The van der Waals surface area contributed by atoms with Crippen molar-refractivity contribution in [1.82, 2.24) is 10.2 Å². The third kappa shape index (κ3) is 3.38. The molecular weight excluding hydrogens is 380 g/mol. The number of ketones is 1. The van der Waals surface area contributed by atoms with Gasteiger partial charge in [0.25, 0.3) is 0 Å². The monoisotopic (exact) mass is 402 g/mol. The van der Waals surface area contributed by atoms with Crippen molar-refractivity contribution in [2.24, 2.45) is 0 Å². The minimum absolute atomic E-state index is 0.174. The van der Waals surface area contributed by atoms with E-state index in [0.717, 1.165) is 41.2 Å². The number of methoxy groups -OCH3 is 1. The second kappa shape index (κ2) is 7.44. The number of ether oxygens (including phenoxy) is 3. The molecule has 3 aromatic rings. The third-order valence-corrected chi connectivity index (χ3v) is 5.89. The molecule has 152 valence electrons. The molecule has 5 rings (SSSR count). The lowest BCUT2D eigenvalue weighted by atomic mass is 9.88. The first kappa shape index (κ1) is 18.6. The number of carbonyl (C=O) groups excluding carboxylic acids is 1. The van der Waals surface area contributed by atoms with Crippen LogP contribution in [0.2, 0.25) is 0 Å². The minimum atomic E-state index is -0.432. The Hall–Kier alpha value is -3.41. The molecule has 1 aliphatic heterocycles. The molecule has 2 heterocycles. The number of aromatic nitrogens is 2. The van der Waals surface area contributed by atoms with Gasteiger partial charge in [-0.15, -0.1) is 0 Å². The maximum atomic E-state index is 13.1. The van der Waals surface area contributed by atoms with Crippen LogP contribution in [0.25, 0.3) is 0 Å². The number of Topliss-reactive ketones (excluding diaryl/α,β-unsaturated/α-hetero) is 1. The van der Waals surface area contributed by atoms with E-state index in [9.17, 15) is 4.79 Å². The van der Waals surface area contributed by atoms with Crippen molar-refractivity contribution in [3.8, 4) is 17.2 Å². The summed E-state index contributed by atoms with van der Waals surface area (Å²) in [5, 5.41) is 8.64. The van der Waals surface area contributed by atoms with Gasteiger partial charge in [-0.2, -0.15) is 10.2 Å². The topological polar surface area (TPSA) is 70.5 Å². The first-order valence-corrected chi connectivity index (χ1v) is 10.0. The highest BCUT2D eigenvalue weighted by molar-refractivity contribution is 5.94. The van der Waals surface area contributed by atoms with Crippen LogP contribution in [0.15, 0.2) is 54.6 Å². The summed E-state index contributed by atoms with van der Waals surface area (Å²) in [7, 11) is 1.66. The Balaban J connectivity index is 1.28. The van der Waals surface area contributed by atoms with E-state index in [1.807, 2.05) is 54.6 Å². The van der Waals surface area contributed by atoms with E-state index < -0.39 is 5.41 Å². The van der Waals surface area contributed by atoms with Gasteiger partial charge in [-0.1, -0.05) is 24.3 Å². The molecule has 0 bridgehead atoms. The van der Waals surface area contributed by atoms with Gasteiger partial charge in [-0.05, 0) is 48.7 Å². The van der Waals surface area contributed by atoms with Gasteiger partial charge in [0, 0.05) is 12.0 Å². The van der Waals surface area contributed by atoms with Crippen LogP contribution >= 0.6 is 0 Å². The number of rotatable bonds is 7. The summed E-state index contributed by atoms with van der Waals surface area (Å²) in [6.07, 6.45) is 2.61. The highest BCUT2D eigenvalue weighted by Gasteiger charge is 2.51. The van der Waals surface area contributed by atoms with Crippen molar-refractivity contribution in [2.75, 3.05) is 13.9 Å². The zero-order valence-electron chi connectivity index (χ0n) is 16.8. The van der Waals surface area contributed by atoms with Gasteiger partial charge in [0.15, 0.2) is 11.5 Å². The van der Waals surface area contributed by atoms with Crippen molar-refractivity contribution in [3.63, 3.8) is 0 Å². The van der Waals surface area contributed by atoms with E-state index in [-0.39, 0.29) is 19.0 Å². The van der Waals surface area contributed by atoms with Crippen molar-refractivity contribution >= 4 is 5.78 Å². The molecule has 30 heavy (non-hydrogen) atoms. The number of hydrogen-bond donors (Lipinski definition) is 0. The van der Waals surface area contributed by atoms with Crippen LogP contribution in [0.3, 0.4) is 0 Å². The summed E-state index contributed by atoms with van der Waals surface area (Å²) < 4.78 is 16.2. The molecule has 1 aromatic heterocycles. The Bertz CT molecular complexity index is 1090.